The summed E-state index contributed by atoms with van der Waals surface area (Å²) in [5.74, 6) is 0.727. The van der Waals surface area contributed by atoms with Gasteiger partial charge in [-0.15, -0.1) is 0 Å². The lowest BCUT2D eigenvalue weighted by molar-refractivity contribution is -0.142. The van der Waals surface area contributed by atoms with Gasteiger partial charge in [-0.2, -0.15) is 0 Å². The Morgan fingerprint density at radius 2 is 1.75 bits per heavy atom. The van der Waals surface area contributed by atoms with Gasteiger partial charge in [-0.25, -0.2) is 4.98 Å². The SMILES string of the molecule is Cn1c2ccncc2nc1[C@H]1CC[C@H](C(=O)N[C@H]2CC[C@H](C(=O)O)CC2)CC1. The third-order valence-electron chi connectivity index (χ3n) is 6.60. The first-order valence-corrected chi connectivity index (χ1v) is 10.3. The van der Waals surface area contributed by atoms with Crippen molar-refractivity contribution in [2.45, 2.75) is 63.3 Å². The number of hydrogen-bond acceptors (Lipinski definition) is 4. The van der Waals surface area contributed by atoms with Crippen molar-refractivity contribution in [3.05, 3.63) is 24.3 Å². The molecule has 0 atom stereocenters. The Hall–Kier alpha value is -2.44. The molecule has 4 rings (SSSR count). The maximum Gasteiger partial charge on any atom is 0.306 e. The molecule has 28 heavy (non-hydrogen) atoms. The number of imidazole rings is 1. The second-order valence-electron chi connectivity index (χ2n) is 8.34. The van der Waals surface area contributed by atoms with Crippen LogP contribution in [0.15, 0.2) is 18.5 Å². The highest BCUT2D eigenvalue weighted by atomic mass is 16.4. The number of carbonyl (C=O) groups excluding carboxylic acids is 1. The van der Waals surface area contributed by atoms with E-state index in [1.54, 1.807) is 12.4 Å². The second kappa shape index (κ2) is 7.89. The molecule has 2 N–H and O–H groups in total. The number of pyridine rings is 1. The van der Waals surface area contributed by atoms with Gasteiger partial charge in [0.1, 0.15) is 11.3 Å². The van der Waals surface area contributed by atoms with E-state index in [-0.39, 0.29) is 23.8 Å². The van der Waals surface area contributed by atoms with Gasteiger partial charge in [0.15, 0.2) is 0 Å². The molecule has 2 aromatic rings. The van der Waals surface area contributed by atoms with Gasteiger partial charge in [-0.05, 0) is 57.4 Å². The van der Waals surface area contributed by atoms with Gasteiger partial charge >= 0.3 is 5.97 Å². The van der Waals surface area contributed by atoms with Crippen LogP contribution in [-0.2, 0) is 16.6 Å². The van der Waals surface area contributed by atoms with Crippen molar-refractivity contribution < 1.29 is 14.7 Å². The zero-order valence-corrected chi connectivity index (χ0v) is 16.3. The number of aliphatic carboxylic acids is 1. The van der Waals surface area contributed by atoms with Gasteiger partial charge in [0.25, 0.3) is 0 Å². The number of rotatable bonds is 4. The van der Waals surface area contributed by atoms with E-state index >= 15 is 0 Å². The van der Waals surface area contributed by atoms with E-state index in [2.05, 4.69) is 21.9 Å². The molecule has 150 valence electrons. The van der Waals surface area contributed by atoms with Gasteiger partial charge in [0.2, 0.25) is 5.91 Å². The highest BCUT2D eigenvalue weighted by Crippen LogP contribution is 2.36. The highest BCUT2D eigenvalue weighted by molar-refractivity contribution is 5.79. The molecule has 0 aliphatic heterocycles. The number of aromatic nitrogens is 3. The molecular weight excluding hydrogens is 356 g/mol. The predicted molar refractivity (Wildman–Crippen MR) is 105 cm³/mol. The molecule has 2 aromatic heterocycles. The summed E-state index contributed by atoms with van der Waals surface area (Å²) in [6, 6.07) is 2.12. The zero-order valence-electron chi connectivity index (χ0n) is 16.3. The van der Waals surface area contributed by atoms with Crippen LogP contribution in [-0.4, -0.2) is 37.6 Å². The average Bonchev–Trinajstić information content (AvgIpc) is 3.05. The zero-order chi connectivity index (χ0) is 19.7. The summed E-state index contributed by atoms with van der Waals surface area (Å²) in [5, 5.41) is 12.3. The number of nitrogens with one attached hydrogen (secondary N) is 1. The third kappa shape index (κ3) is 3.75. The molecule has 0 saturated heterocycles. The standard InChI is InChI=1S/C21H28N4O3/c1-25-18-10-11-22-12-17(18)24-19(25)13-2-4-14(5-3-13)20(26)23-16-8-6-15(7-9-16)21(27)28/h10-16H,2-9H2,1H3,(H,23,26)(H,27,28)/t13-,14-,15-,16-. The van der Waals surface area contributed by atoms with Crippen LogP contribution in [0.3, 0.4) is 0 Å². The van der Waals surface area contributed by atoms with Crippen molar-refractivity contribution in [1.29, 1.82) is 0 Å². The lowest BCUT2D eigenvalue weighted by Gasteiger charge is -2.31. The lowest BCUT2D eigenvalue weighted by atomic mass is 9.80. The lowest BCUT2D eigenvalue weighted by Crippen LogP contribution is -2.42. The summed E-state index contributed by atoms with van der Waals surface area (Å²) < 4.78 is 2.16. The fraction of sp³-hybridized carbons (Fsp3) is 0.619. The molecule has 7 nitrogen and oxygen atoms in total. The Labute approximate surface area is 164 Å². The molecule has 1 amide bonds. The minimum atomic E-state index is -0.708. The topological polar surface area (TPSA) is 97.1 Å². The van der Waals surface area contributed by atoms with Gasteiger partial charge in [-0.1, -0.05) is 0 Å². The van der Waals surface area contributed by atoms with E-state index in [1.807, 2.05) is 6.07 Å². The smallest absolute Gasteiger partial charge is 0.306 e. The van der Waals surface area contributed by atoms with Crippen LogP contribution < -0.4 is 5.32 Å². The van der Waals surface area contributed by atoms with Gasteiger partial charge in [-0.3, -0.25) is 14.6 Å². The van der Waals surface area contributed by atoms with Crippen LogP contribution in [0.2, 0.25) is 0 Å². The van der Waals surface area contributed by atoms with Crippen molar-refractivity contribution in [2.75, 3.05) is 0 Å². The number of hydrogen-bond donors (Lipinski definition) is 2. The van der Waals surface area contributed by atoms with E-state index in [9.17, 15) is 9.59 Å². The van der Waals surface area contributed by atoms with Crippen molar-refractivity contribution >= 4 is 22.9 Å². The van der Waals surface area contributed by atoms with Gasteiger partial charge < -0.3 is 15.0 Å². The fourth-order valence-corrected chi connectivity index (χ4v) is 4.85. The number of carboxylic acid groups (broad SMARTS) is 1. The molecule has 7 heteroatoms. The first kappa shape index (κ1) is 18.9. The number of carbonyl (C=O) groups is 2. The Bertz CT molecular complexity index is 862. The summed E-state index contributed by atoms with van der Waals surface area (Å²) in [5.41, 5.74) is 2.03. The minimum absolute atomic E-state index is 0.0600. The first-order chi connectivity index (χ1) is 13.5. The molecule has 0 unspecified atom stereocenters. The van der Waals surface area contributed by atoms with Crippen LogP contribution in [0.1, 0.15) is 63.1 Å². The van der Waals surface area contributed by atoms with E-state index in [1.165, 1.54) is 0 Å². The quantitative estimate of drug-likeness (QED) is 0.845. The second-order valence-corrected chi connectivity index (χ2v) is 8.34. The molecule has 2 saturated carbocycles. The molecule has 0 spiro atoms. The number of nitrogens with zero attached hydrogens (tertiary/aromatic N) is 3. The summed E-state index contributed by atoms with van der Waals surface area (Å²) in [4.78, 5) is 32.7. The molecule has 2 fully saturated rings. The normalized spacial score (nSPS) is 28.2. The average molecular weight is 384 g/mol. The van der Waals surface area contributed by atoms with Crippen LogP contribution in [0.25, 0.3) is 11.0 Å². The van der Waals surface area contributed by atoms with Crippen molar-refractivity contribution in [1.82, 2.24) is 19.9 Å². The number of aryl methyl sites for hydroxylation is 1. The molecule has 2 aliphatic carbocycles. The minimum Gasteiger partial charge on any atom is -0.481 e. The van der Waals surface area contributed by atoms with E-state index in [0.717, 1.165) is 55.4 Å². The highest BCUT2D eigenvalue weighted by Gasteiger charge is 2.32. The summed E-state index contributed by atoms with van der Waals surface area (Å²) in [6.45, 7) is 0. The Morgan fingerprint density at radius 3 is 2.39 bits per heavy atom. The van der Waals surface area contributed by atoms with Crippen LogP contribution in [0.4, 0.5) is 0 Å². The molecule has 2 heterocycles. The fourth-order valence-electron chi connectivity index (χ4n) is 4.85. The predicted octanol–water partition coefficient (Wildman–Crippen LogP) is 3.00. The monoisotopic (exact) mass is 384 g/mol. The Balaban J connectivity index is 1.31. The molecule has 0 radical (unpaired) electrons. The number of amides is 1. The summed E-state index contributed by atoms with van der Waals surface area (Å²) >= 11 is 0. The van der Waals surface area contributed by atoms with Crippen molar-refractivity contribution in [3.63, 3.8) is 0 Å². The maximum atomic E-state index is 12.7. The Morgan fingerprint density at radius 1 is 1.07 bits per heavy atom. The van der Waals surface area contributed by atoms with Gasteiger partial charge in [0, 0.05) is 31.1 Å². The molecule has 2 aliphatic rings. The molecular formula is C21H28N4O3. The van der Waals surface area contributed by atoms with Crippen LogP contribution in [0.5, 0.6) is 0 Å². The maximum absolute atomic E-state index is 12.7. The number of carboxylic acids is 1. The van der Waals surface area contributed by atoms with Crippen LogP contribution >= 0.6 is 0 Å². The Kier molecular flexibility index (Phi) is 5.33. The van der Waals surface area contributed by atoms with Crippen molar-refractivity contribution in [2.24, 2.45) is 18.9 Å². The van der Waals surface area contributed by atoms with E-state index in [4.69, 9.17) is 10.1 Å². The van der Waals surface area contributed by atoms with E-state index in [0.29, 0.717) is 18.8 Å². The summed E-state index contributed by atoms with van der Waals surface area (Å²) in [7, 11) is 2.05. The van der Waals surface area contributed by atoms with Gasteiger partial charge in [0.05, 0.1) is 17.6 Å². The van der Waals surface area contributed by atoms with Crippen LogP contribution in [0, 0.1) is 11.8 Å². The summed E-state index contributed by atoms with van der Waals surface area (Å²) in [6.07, 6.45) is 10.1. The molecule has 0 aromatic carbocycles. The molecule has 0 bridgehead atoms. The van der Waals surface area contributed by atoms with Crippen molar-refractivity contribution in [3.8, 4) is 0 Å². The first-order valence-electron chi connectivity index (χ1n) is 10.3. The third-order valence-corrected chi connectivity index (χ3v) is 6.60. The van der Waals surface area contributed by atoms with E-state index < -0.39 is 5.97 Å². The number of fused-ring (bicyclic) bond motifs is 1. The largest absolute Gasteiger partial charge is 0.481 e.